The minimum atomic E-state index is -2.96. The van der Waals surface area contributed by atoms with Crippen molar-refractivity contribution in [3.63, 3.8) is 0 Å². The third-order valence-electron chi connectivity index (χ3n) is 3.10. The van der Waals surface area contributed by atoms with Crippen molar-refractivity contribution in [1.82, 2.24) is 0 Å². The lowest BCUT2D eigenvalue weighted by atomic mass is 10.2. The van der Waals surface area contributed by atoms with Crippen molar-refractivity contribution < 1.29 is 8.42 Å². The summed E-state index contributed by atoms with van der Waals surface area (Å²) in [5.41, 5.74) is 2.20. The zero-order chi connectivity index (χ0) is 12.1. The van der Waals surface area contributed by atoms with Crippen molar-refractivity contribution in [3.8, 4) is 0 Å². The Morgan fingerprint density at radius 3 is 2.53 bits per heavy atom. The van der Waals surface area contributed by atoms with Gasteiger partial charge in [-0.2, -0.15) is 0 Å². The van der Waals surface area contributed by atoms with Gasteiger partial charge in [-0.1, -0.05) is 42.0 Å². The molecule has 1 aromatic carbocycles. The molecule has 0 aromatic heterocycles. The fourth-order valence-corrected chi connectivity index (χ4v) is 3.57. The third-order valence-corrected chi connectivity index (χ3v) is 4.70. The molecule has 0 saturated heterocycles. The lowest BCUT2D eigenvalue weighted by molar-refractivity contribution is 0.594. The molecule has 0 amide bonds. The highest BCUT2D eigenvalue weighted by Gasteiger charge is 2.14. The zero-order valence-electron chi connectivity index (χ0n) is 9.93. The van der Waals surface area contributed by atoms with Crippen molar-refractivity contribution in [2.45, 2.75) is 31.4 Å². The molecule has 0 spiro atoms. The molecule has 0 bridgehead atoms. The second kappa shape index (κ2) is 5.50. The van der Waals surface area contributed by atoms with E-state index in [1.165, 1.54) is 12.0 Å². The molecule has 1 aliphatic rings. The second-order valence-electron chi connectivity index (χ2n) is 4.58. The molecule has 0 heterocycles. The number of hydrogen-bond acceptors (Lipinski definition) is 2. The van der Waals surface area contributed by atoms with Gasteiger partial charge in [0.2, 0.25) is 0 Å². The SMILES string of the molecule is O=S(=O)(CCC1=CCCC1)Cc1ccccc1. The molecular weight excluding hydrogens is 232 g/mol. The van der Waals surface area contributed by atoms with Crippen LogP contribution in [0, 0.1) is 0 Å². The first-order valence-corrected chi connectivity index (χ1v) is 7.90. The Balaban J connectivity index is 1.90. The van der Waals surface area contributed by atoms with Gasteiger partial charge in [0.05, 0.1) is 11.5 Å². The van der Waals surface area contributed by atoms with E-state index in [9.17, 15) is 8.42 Å². The summed E-state index contributed by atoms with van der Waals surface area (Å²) in [5.74, 6) is 0.453. The van der Waals surface area contributed by atoms with Gasteiger partial charge in [0, 0.05) is 0 Å². The van der Waals surface area contributed by atoms with E-state index in [-0.39, 0.29) is 11.5 Å². The predicted molar refractivity (Wildman–Crippen MR) is 70.5 cm³/mol. The van der Waals surface area contributed by atoms with Crippen molar-refractivity contribution in [3.05, 3.63) is 47.5 Å². The van der Waals surface area contributed by atoms with Crippen LogP contribution in [0.5, 0.6) is 0 Å². The maximum Gasteiger partial charge on any atom is 0.154 e. The Morgan fingerprint density at radius 1 is 1.12 bits per heavy atom. The van der Waals surface area contributed by atoms with Crippen LogP contribution in [0.3, 0.4) is 0 Å². The molecule has 0 radical (unpaired) electrons. The number of allylic oxidation sites excluding steroid dienone is 2. The van der Waals surface area contributed by atoms with Crippen molar-refractivity contribution >= 4 is 9.84 Å². The predicted octanol–water partition coefficient (Wildman–Crippen LogP) is 3.10. The summed E-state index contributed by atoms with van der Waals surface area (Å²) in [6.07, 6.45) is 6.30. The molecule has 2 rings (SSSR count). The van der Waals surface area contributed by atoms with E-state index in [0.717, 1.165) is 24.8 Å². The van der Waals surface area contributed by atoms with Crippen LogP contribution in [0.25, 0.3) is 0 Å². The lowest BCUT2D eigenvalue weighted by Gasteiger charge is -2.05. The van der Waals surface area contributed by atoms with Gasteiger partial charge in [0.15, 0.2) is 9.84 Å². The minimum Gasteiger partial charge on any atom is -0.228 e. The van der Waals surface area contributed by atoms with E-state index >= 15 is 0 Å². The summed E-state index contributed by atoms with van der Waals surface area (Å²) in [6.45, 7) is 0. The van der Waals surface area contributed by atoms with Gasteiger partial charge in [-0.3, -0.25) is 0 Å². The minimum absolute atomic E-state index is 0.168. The standard InChI is InChI=1S/C14H18O2S/c15-17(16,11-10-13-6-4-5-7-13)12-14-8-2-1-3-9-14/h1-3,6,8-9H,4-5,7,10-12H2. The molecule has 0 unspecified atom stereocenters. The van der Waals surface area contributed by atoms with Crippen LogP contribution in [0.4, 0.5) is 0 Å². The van der Waals surface area contributed by atoms with Gasteiger partial charge < -0.3 is 0 Å². The molecule has 0 N–H and O–H groups in total. The molecular formula is C14H18O2S. The molecule has 1 aromatic rings. The lowest BCUT2D eigenvalue weighted by Crippen LogP contribution is -2.09. The Morgan fingerprint density at radius 2 is 1.88 bits per heavy atom. The quantitative estimate of drug-likeness (QED) is 0.752. The van der Waals surface area contributed by atoms with Gasteiger partial charge in [0.1, 0.15) is 0 Å². The highest BCUT2D eigenvalue weighted by atomic mass is 32.2. The van der Waals surface area contributed by atoms with Gasteiger partial charge in [-0.15, -0.1) is 0 Å². The summed E-state index contributed by atoms with van der Waals surface area (Å²) < 4.78 is 23.9. The molecule has 3 heteroatoms. The topological polar surface area (TPSA) is 34.1 Å². The van der Waals surface area contributed by atoms with Crippen LogP contribution in [-0.4, -0.2) is 14.2 Å². The number of rotatable bonds is 5. The summed E-state index contributed by atoms with van der Waals surface area (Å²) in [4.78, 5) is 0. The van der Waals surface area contributed by atoms with E-state index < -0.39 is 9.84 Å². The Hall–Kier alpha value is -1.09. The van der Waals surface area contributed by atoms with Gasteiger partial charge in [-0.05, 0) is 31.2 Å². The maximum absolute atomic E-state index is 11.9. The fourth-order valence-electron chi connectivity index (χ4n) is 2.15. The van der Waals surface area contributed by atoms with Gasteiger partial charge in [-0.25, -0.2) is 8.42 Å². The molecule has 17 heavy (non-hydrogen) atoms. The molecule has 0 fully saturated rings. The van der Waals surface area contributed by atoms with Gasteiger partial charge in [0.25, 0.3) is 0 Å². The van der Waals surface area contributed by atoms with Crippen molar-refractivity contribution in [2.24, 2.45) is 0 Å². The molecule has 92 valence electrons. The van der Waals surface area contributed by atoms with Crippen LogP contribution >= 0.6 is 0 Å². The normalized spacial score (nSPS) is 15.9. The molecule has 0 aliphatic heterocycles. The highest BCUT2D eigenvalue weighted by molar-refractivity contribution is 7.90. The number of benzene rings is 1. The van der Waals surface area contributed by atoms with E-state index in [1.54, 1.807) is 0 Å². The number of hydrogen-bond donors (Lipinski definition) is 0. The summed E-state index contributed by atoms with van der Waals surface area (Å²) in [6, 6.07) is 9.40. The molecule has 2 nitrogen and oxygen atoms in total. The van der Waals surface area contributed by atoms with E-state index in [4.69, 9.17) is 0 Å². The average Bonchev–Trinajstić information content (AvgIpc) is 2.80. The Kier molecular flexibility index (Phi) is 4.00. The van der Waals surface area contributed by atoms with Crippen LogP contribution in [0.1, 0.15) is 31.2 Å². The number of sulfone groups is 1. The van der Waals surface area contributed by atoms with Crippen LogP contribution in [0.2, 0.25) is 0 Å². The zero-order valence-corrected chi connectivity index (χ0v) is 10.7. The van der Waals surface area contributed by atoms with E-state index in [0.29, 0.717) is 0 Å². The Labute approximate surface area is 103 Å². The second-order valence-corrected chi connectivity index (χ2v) is 6.77. The monoisotopic (exact) mass is 250 g/mol. The van der Waals surface area contributed by atoms with Crippen molar-refractivity contribution in [2.75, 3.05) is 5.75 Å². The molecule has 1 aliphatic carbocycles. The van der Waals surface area contributed by atoms with Crippen LogP contribution in [-0.2, 0) is 15.6 Å². The smallest absolute Gasteiger partial charge is 0.154 e. The van der Waals surface area contributed by atoms with Crippen LogP contribution in [0.15, 0.2) is 42.0 Å². The van der Waals surface area contributed by atoms with Gasteiger partial charge >= 0.3 is 0 Å². The maximum atomic E-state index is 11.9. The summed E-state index contributed by atoms with van der Waals surface area (Å²) in [7, 11) is -2.96. The first-order chi connectivity index (χ1) is 8.16. The summed E-state index contributed by atoms with van der Waals surface area (Å²) in [5, 5.41) is 0. The molecule has 0 saturated carbocycles. The highest BCUT2D eigenvalue weighted by Crippen LogP contribution is 2.21. The van der Waals surface area contributed by atoms with Crippen LogP contribution < -0.4 is 0 Å². The fraction of sp³-hybridized carbons (Fsp3) is 0.429. The first kappa shape index (κ1) is 12.4. The first-order valence-electron chi connectivity index (χ1n) is 6.08. The van der Waals surface area contributed by atoms with Crippen molar-refractivity contribution in [1.29, 1.82) is 0 Å². The largest absolute Gasteiger partial charge is 0.228 e. The third kappa shape index (κ3) is 4.00. The molecule has 0 atom stereocenters. The van der Waals surface area contributed by atoms with E-state index in [2.05, 4.69) is 6.08 Å². The van der Waals surface area contributed by atoms with E-state index in [1.807, 2.05) is 30.3 Å². The Bertz CT molecular complexity index is 486. The summed E-state index contributed by atoms with van der Waals surface area (Å²) >= 11 is 0. The average molecular weight is 250 g/mol.